The van der Waals surface area contributed by atoms with Gasteiger partial charge in [0.15, 0.2) is 12.2 Å². The molecule has 0 saturated carbocycles. The Labute approximate surface area is 371 Å². The number of carbonyl (C=O) groups excluding carboxylic acids is 7. The summed E-state index contributed by atoms with van der Waals surface area (Å²) in [5.41, 5.74) is 0.600. The summed E-state index contributed by atoms with van der Waals surface area (Å²) in [4.78, 5) is 85.2. The molecule has 6 rings (SSSR count). The van der Waals surface area contributed by atoms with Gasteiger partial charge in [-0.1, -0.05) is 25.3 Å². The van der Waals surface area contributed by atoms with E-state index in [0.717, 1.165) is 12.2 Å². The zero-order chi connectivity index (χ0) is 46.1. The second kappa shape index (κ2) is 23.2. The molecule has 2 aliphatic rings. The van der Waals surface area contributed by atoms with E-state index in [1.54, 1.807) is 36.4 Å². The highest BCUT2D eigenvalue weighted by molar-refractivity contribution is 5.96. The maximum Gasteiger partial charge on any atom is 0.513 e. The Morgan fingerprint density at radius 1 is 0.477 bits per heavy atom. The van der Waals surface area contributed by atoms with Crippen LogP contribution in [-0.4, -0.2) is 106 Å². The molecule has 0 bridgehead atoms. The van der Waals surface area contributed by atoms with Gasteiger partial charge in [-0.2, -0.15) is 0 Å². The number of rotatable bonds is 20. The Kier molecular flexibility index (Phi) is 16.8. The van der Waals surface area contributed by atoms with Gasteiger partial charge in [0.1, 0.15) is 29.5 Å². The fourth-order valence-electron chi connectivity index (χ4n) is 6.37. The average molecular weight is 897 g/mol. The number of carbonyl (C=O) groups is 7. The molecule has 18 nitrogen and oxygen atoms in total. The first-order chi connectivity index (χ1) is 31.5. The molecule has 2 fully saturated rings. The van der Waals surface area contributed by atoms with Crippen LogP contribution in [0, 0.1) is 0 Å². The van der Waals surface area contributed by atoms with Crippen molar-refractivity contribution < 1.29 is 85.7 Å². The number of esters is 5. The summed E-state index contributed by atoms with van der Waals surface area (Å²) in [5, 5.41) is 1.37. The van der Waals surface area contributed by atoms with Crippen molar-refractivity contribution in [1.82, 2.24) is 0 Å². The van der Waals surface area contributed by atoms with Crippen molar-refractivity contribution in [3.05, 3.63) is 127 Å². The summed E-state index contributed by atoms with van der Waals surface area (Å²) in [6, 6.07) is 21.1. The minimum atomic E-state index is -0.938. The second-order valence-electron chi connectivity index (χ2n) is 14.2. The van der Waals surface area contributed by atoms with Crippen LogP contribution in [0.25, 0.3) is 10.8 Å². The van der Waals surface area contributed by atoms with Crippen molar-refractivity contribution in [2.45, 2.75) is 50.1 Å². The van der Waals surface area contributed by atoms with E-state index < -0.39 is 66.6 Å². The van der Waals surface area contributed by atoms with Crippen LogP contribution in [-0.2, 0) is 47.5 Å². The van der Waals surface area contributed by atoms with Gasteiger partial charge in [0.2, 0.25) is 0 Å². The molecule has 0 aromatic heterocycles. The summed E-state index contributed by atoms with van der Waals surface area (Å²) in [6.45, 7) is 7.13. The highest BCUT2D eigenvalue weighted by atomic mass is 16.7. The third kappa shape index (κ3) is 13.7. The zero-order valence-corrected chi connectivity index (χ0v) is 34.9. The molecule has 2 saturated heterocycles. The normalized spacial score (nSPS) is 17.1. The van der Waals surface area contributed by atoms with Gasteiger partial charge >= 0.3 is 42.2 Å². The molecule has 18 heteroatoms. The number of benzene rings is 4. The van der Waals surface area contributed by atoms with Crippen molar-refractivity contribution in [3.63, 3.8) is 0 Å². The monoisotopic (exact) mass is 896 g/mol. The molecule has 2 unspecified atom stereocenters. The largest absolute Gasteiger partial charge is 0.513 e. The smallest absolute Gasteiger partial charge is 0.463 e. The maximum absolute atomic E-state index is 13.2. The van der Waals surface area contributed by atoms with Gasteiger partial charge in [-0.05, 0) is 109 Å². The molecule has 0 spiro atoms. The van der Waals surface area contributed by atoms with Crippen molar-refractivity contribution in [3.8, 4) is 17.2 Å². The van der Waals surface area contributed by atoms with E-state index in [9.17, 15) is 33.6 Å². The number of fused-ring (bicyclic) bond motifs is 2. The van der Waals surface area contributed by atoms with Crippen LogP contribution >= 0.6 is 0 Å². The highest BCUT2D eigenvalue weighted by Crippen LogP contribution is 2.32. The van der Waals surface area contributed by atoms with Crippen LogP contribution in [0.2, 0.25) is 0 Å². The van der Waals surface area contributed by atoms with Crippen LogP contribution in [0.4, 0.5) is 9.59 Å². The number of hydrogen-bond acceptors (Lipinski definition) is 18. The van der Waals surface area contributed by atoms with E-state index in [-0.39, 0.29) is 73.6 Å². The van der Waals surface area contributed by atoms with Crippen LogP contribution in [0.15, 0.2) is 110 Å². The van der Waals surface area contributed by atoms with Gasteiger partial charge in [-0.15, -0.1) is 0 Å². The van der Waals surface area contributed by atoms with Gasteiger partial charge in [0.25, 0.3) is 0 Å². The van der Waals surface area contributed by atoms with Gasteiger partial charge in [0, 0.05) is 12.2 Å². The van der Waals surface area contributed by atoms with Gasteiger partial charge in [-0.3, -0.25) is 0 Å². The lowest BCUT2D eigenvalue weighted by atomic mass is 10.1. The number of hydrogen-bond donors (Lipinski definition) is 0. The van der Waals surface area contributed by atoms with Gasteiger partial charge in [-0.25, -0.2) is 33.6 Å². The average Bonchev–Trinajstić information content (AvgIpc) is 3.91. The molecule has 4 aromatic carbocycles. The lowest BCUT2D eigenvalue weighted by Gasteiger charge is -2.17. The topological polar surface area (TPSA) is 221 Å². The van der Waals surface area contributed by atoms with Gasteiger partial charge in [0.05, 0.1) is 56.3 Å². The van der Waals surface area contributed by atoms with E-state index in [2.05, 4.69) is 13.2 Å². The first-order valence-electron chi connectivity index (χ1n) is 20.4. The van der Waals surface area contributed by atoms with Crippen LogP contribution in [0.5, 0.6) is 17.2 Å². The molecule has 0 amide bonds. The minimum absolute atomic E-state index is 0.00752. The van der Waals surface area contributed by atoms with Crippen LogP contribution < -0.4 is 14.2 Å². The van der Waals surface area contributed by atoms with E-state index in [1.165, 1.54) is 48.5 Å². The Bertz CT molecular complexity index is 2370. The lowest BCUT2D eigenvalue weighted by Crippen LogP contribution is -2.36. The molecule has 0 radical (unpaired) electrons. The number of unbranched alkanes of at least 4 members (excludes halogenated alkanes) is 2. The predicted molar refractivity (Wildman–Crippen MR) is 224 cm³/mol. The Morgan fingerprint density at radius 2 is 0.877 bits per heavy atom. The molecule has 2 aliphatic heterocycles. The summed E-state index contributed by atoms with van der Waals surface area (Å²) in [6.07, 6.45) is -0.717. The molecule has 4 aromatic rings. The third-order valence-corrected chi connectivity index (χ3v) is 9.66. The molecule has 0 aliphatic carbocycles. The van der Waals surface area contributed by atoms with Crippen molar-refractivity contribution in [2.24, 2.45) is 0 Å². The summed E-state index contributed by atoms with van der Waals surface area (Å²) < 4.78 is 58.7. The summed E-state index contributed by atoms with van der Waals surface area (Å²) >= 11 is 0. The number of ether oxygens (including phenoxy) is 11. The molecule has 65 heavy (non-hydrogen) atoms. The van der Waals surface area contributed by atoms with Crippen molar-refractivity contribution >= 4 is 52.9 Å². The first kappa shape index (κ1) is 46.9. The third-order valence-electron chi connectivity index (χ3n) is 9.66. The molecule has 0 N–H and O–H groups in total. The molecule has 340 valence electrons. The highest BCUT2D eigenvalue weighted by Gasteiger charge is 2.51. The second-order valence-corrected chi connectivity index (χ2v) is 14.2. The standard InChI is InChI=1S/C47H44O18/c1-3-39(48)55-21-5-7-23-57-46(53)62-35-18-13-29(14-19-35)43(50)61-34-16-11-30(12-17-34)44(51)64-37-27-59-42-38(28-60-41(37)42)65-45(52)33-10-9-32-26-36(20-15-31(32)25-33)63-47(54)58-24-8-6-22-56-40(49)4-2/h3-4,9-20,25-26,37-38,41-42H,1-2,5-8,21-24,27-28H2/t37-,38-,41?,42?/m1/s1. The lowest BCUT2D eigenvalue weighted by molar-refractivity contribution is -0.138. The fourth-order valence-corrected chi connectivity index (χ4v) is 6.37. The van der Waals surface area contributed by atoms with Crippen LogP contribution in [0.1, 0.15) is 56.8 Å². The molecular weight excluding hydrogens is 852 g/mol. The minimum Gasteiger partial charge on any atom is -0.463 e. The zero-order valence-electron chi connectivity index (χ0n) is 34.9. The van der Waals surface area contributed by atoms with E-state index in [1.807, 2.05) is 0 Å². The first-order valence-corrected chi connectivity index (χ1v) is 20.4. The Morgan fingerprint density at radius 3 is 1.40 bits per heavy atom. The fraction of sp³-hybridized carbons (Fsp3) is 0.298. The van der Waals surface area contributed by atoms with E-state index in [4.69, 9.17) is 52.1 Å². The predicted octanol–water partition coefficient (Wildman–Crippen LogP) is 6.66. The van der Waals surface area contributed by atoms with Crippen molar-refractivity contribution in [2.75, 3.05) is 39.6 Å². The Hall–Kier alpha value is -7.57. The van der Waals surface area contributed by atoms with E-state index in [0.29, 0.717) is 36.5 Å². The molecular formula is C47H44O18. The maximum atomic E-state index is 13.2. The SMILES string of the molecule is C=CC(=O)OCCCCOC(=O)Oc1ccc(C(=O)Oc2ccc(C(=O)O[C@@H]3COC4C3OC[C@H]4OC(=O)c3ccc4cc(OC(=O)OCCCCOC(=O)C=C)ccc4c3)cc2)cc1. The van der Waals surface area contributed by atoms with E-state index >= 15 is 0 Å². The molecule has 2 heterocycles. The van der Waals surface area contributed by atoms with Crippen molar-refractivity contribution in [1.29, 1.82) is 0 Å². The quantitative estimate of drug-likeness (QED) is 0.0226. The Balaban J connectivity index is 0.902. The molecule has 4 atom stereocenters. The summed E-state index contributed by atoms with van der Waals surface area (Å²) in [7, 11) is 0. The van der Waals surface area contributed by atoms with Crippen LogP contribution in [0.3, 0.4) is 0 Å². The summed E-state index contributed by atoms with van der Waals surface area (Å²) in [5.74, 6) is -2.51. The van der Waals surface area contributed by atoms with Gasteiger partial charge < -0.3 is 52.1 Å².